The molecule has 2 heterocycles. The van der Waals surface area contributed by atoms with Crippen molar-refractivity contribution in [3.05, 3.63) is 54.9 Å². The van der Waals surface area contributed by atoms with Gasteiger partial charge in [-0.15, -0.1) is 0 Å². The Morgan fingerprint density at radius 3 is 2.45 bits per heavy atom. The van der Waals surface area contributed by atoms with Crippen LogP contribution in [-0.2, 0) is 19.2 Å². The molecule has 1 aliphatic rings. The van der Waals surface area contributed by atoms with Gasteiger partial charge in [0.25, 0.3) is 5.91 Å². The van der Waals surface area contributed by atoms with Crippen molar-refractivity contribution in [2.45, 2.75) is 6.10 Å². The lowest BCUT2D eigenvalue weighted by atomic mass is 10.1. The first kappa shape index (κ1) is 21.8. The number of hydrogen-bond donors (Lipinski definition) is 2. The number of para-hydroxylation sites is 1. The molecule has 1 unspecified atom stereocenters. The standard InChI is InChI=1S/C21H22N4O6/c26-17(13-25-11-10-24(14-18(25)27)15-6-8-22-9-7-15)20(21(30)23-12-19(28)29)31-16-4-2-1-3-5-16/h1-9,20H,10-14H2,(H,23,30)(H,28,29). The molecule has 10 heteroatoms. The molecular formula is C21H22N4O6. The van der Waals surface area contributed by atoms with Crippen molar-refractivity contribution in [2.75, 3.05) is 37.6 Å². The number of carboxylic acids is 1. The number of ether oxygens (including phenoxy) is 1. The fourth-order valence-corrected chi connectivity index (χ4v) is 3.08. The molecule has 0 saturated carbocycles. The number of amides is 2. The number of pyridine rings is 1. The molecule has 0 radical (unpaired) electrons. The number of carbonyl (C=O) groups excluding carboxylic acids is 3. The van der Waals surface area contributed by atoms with Crippen LogP contribution < -0.4 is 15.0 Å². The summed E-state index contributed by atoms with van der Waals surface area (Å²) in [5, 5.41) is 10.9. The number of hydrogen-bond acceptors (Lipinski definition) is 7. The molecule has 10 nitrogen and oxygen atoms in total. The highest BCUT2D eigenvalue weighted by Gasteiger charge is 2.33. The van der Waals surface area contributed by atoms with Gasteiger partial charge >= 0.3 is 5.97 Å². The van der Waals surface area contributed by atoms with Gasteiger partial charge in [-0.05, 0) is 24.3 Å². The fraction of sp³-hybridized carbons (Fsp3) is 0.286. The van der Waals surface area contributed by atoms with Crippen molar-refractivity contribution in [3.8, 4) is 5.75 Å². The van der Waals surface area contributed by atoms with Gasteiger partial charge in [0, 0.05) is 31.2 Å². The molecule has 0 bridgehead atoms. The average molecular weight is 426 g/mol. The van der Waals surface area contributed by atoms with Gasteiger partial charge < -0.3 is 25.0 Å². The Labute approximate surface area is 178 Å². The zero-order chi connectivity index (χ0) is 22.2. The number of aliphatic carboxylic acids is 1. The van der Waals surface area contributed by atoms with Crippen LogP contribution in [0.15, 0.2) is 54.9 Å². The highest BCUT2D eigenvalue weighted by molar-refractivity contribution is 6.07. The van der Waals surface area contributed by atoms with Crippen LogP contribution in [0.5, 0.6) is 5.75 Å². The normalized spacial score (nSPS) is 14.6. The summed E-state index contributed by atoms with van der Waals surface area (Å²) < 4.78 is 5.53. The Hall–Kier alpha value is -3.95. The van der Waals surface area contributed by atoms with Gasteiger partial charge in [0.15, 0.2) is 0 Å². The summed E-state index contributed by atoms with van der Waals surface area (Å²) in [6.45, 7) is -0.0713. The third-order valence-corrected chi connectivity index (χ3v) is 4.63. The van der Waals surface area contributed by atoms with Gasteiger partial charge in [-0.3, -0.25) is 24.2 Å². The first-order valence-electron chi connectivity index (χ1n) is 9.60. The molecule has 1 saturated heterocycles. The van der Waals surface area contributed by atoms with E-state index in [1.54, 1.807) is 54.9 Å². The van der Waals surface area contributed by atoms with E-state index < -0.39 is 30.3 Å². The number of aromatic nitrogens is 1. The topological polar surface area (TPSA) is 129 Å². The van der Waals surface area contributed by atoms with Gasteiger partial charge in [-0.1, -0.05) is 18.2 Å². The Balaban J connectivity index is 1.65. The predicted molar refractivity (Wildman–Crippen MR) is 110 cm³/mol. The fourth-order valence-electron chi connectivity index (χ4n) is 3.08. The average Bonchev–Trinajstić information content (AvgIpc) is 2.78. The van der Waals surface area contributed by atoms with Crippen LogP contribution >= 0.6 is 0 Å². The van der Waals surface area contributed by atoms with Crippen molar-refractivity contribution in [2.24, 2.45) is 0 Å². The van der Waals surface area contributed by atoms with Gasteiger partial charge in [-0.2, -0.15) is 0 Å². The second-order valence-corrected chi connectivity index (χ2v) is 6.83. The third kappa shape index (κ3) is 6.01. The van der Waals surface area contributed by atoms with Gasteiger partial charge in [-0.25, -0.2) is 0 Å². The van der Waals surface area contributed by atoms with Crippen LogP contribution in [0, 0.1) is 0 Å². The van der Waals surface area contributed by atoms with Crippen LogP contribution in [-0.4, -0.2) is 77.4 Å². The number of nitrogens with one attached hydrogen (secondary N) is 1. The first-order valence-corrected chi connectivity index (χ1v) is 9.60. The zero-order valence-electron chi connectivity index (χ0n) is 16.6. The summed E-state index contributed by atoms with van der Waals surface area (Å²) >= 11 is 0. The number of anilines is 1. The number of rotatable bonds is 9. The lowest BCUT2D eigenvalue weighted by Gasteiger charge is -2.35. The Morgan fingerprint density at radius 1 is 1.10 bits per heavy atom. The van der Waals surface area contributed by atoms with E-state index in [4.69, 9.17) is 9.84 Å². The molecule has 2 N–H and O–H groups in total. The van der Waals surface area contributed by atoms with E-state index in [9.17, 15) is 19.2 Å². The first-order chi connectivity index (χ1) is 14.9. The molecule has 1 aromatic heterocycles. The number of benzene rings is 1. The van der Waals surface area contributed by atoms with Crippen molar-refractivity contribution in [1.82, 2.24) is 15.2 Å². The number of ketones is 1. The van der Waals surface area contributed by atoms with Crippen molar-refractivity contribution in [1.29, 1.82) is 0 Å². The molecule has 0 aliphatic carbocycles. The number of piperazine rings is 1. The van der Waals surface area contributed by atoms with Crippen LogP contribution in [0.3, 0.4) is 0 Å². The molecular weight excluding hydrogens is 404 g/mol. The lowest BCUT2D eigenvalue weighted by Crippen LogP contribution is -2.55. The second-order valence-electron chi connectivity index (χ2n) is 6.83. The second kappa shape index (κ2) is 10.2. The van der Waals surface area contributed by atoms with Crippen LogP contribution in [0.25, 0.3) is 0 Å². The number of Topliss-reactive ketones (excluding diaryl/α,β-unsaturated/α-hetero) is 1. The lowest BCUT2D eigenvalue weighted by molar-refractivity contribution is -0.144. The van der Waals surface area contributed by atoms with E-state index in [1.165, 1.54) is 4.90 Å². The number of carbonyl (C=O) groups is 4. The maximum Gasteiger partial charge on any atom is 0.322 e. The van der Waals surface area contributed by atoms with Crippen molar-refractivity contribution < 1.29 is 29.0 Å². The summed E-state index contributed by atoms with van der Waals surface area (Å²) in [6.07, 6.45) is 1.70. The van der Waals surface area contributed by atoms with Crippen LogP contribution in [0.2, 0.25) is 0 Å². The SMILES string of the molecule is O=C(O)CNC(=O)C(Oc1ccccc1)C(=O)CN1CCN(c2ccncc2)CC1=O. The third-order valence-electron chi connectivity index (χ3n) is 4.63. The van der Waals surface area contributed by atoms with E-state index in [2.05, 4.69) is 10.3 Å². The Kier molecular flexibility index (Phi) is 7.15. The molecule has 1 fully saturated rings. The van der Waals surface area contributed by atoms with Crippen molar-refractivity contribution >= 4 is 29.3 Å². The zero-order valence-corrected chi connectivity index (χ0v) is 16.6. The molecule has 2 aromatic rings. The summed E-state index contributed by atoms with van der Waals surface area (Å²) in [6, 6.07) is 11.8. The minimum Gasteiger partial charge on any atom is -0.480 e. The maximum absolute atomic E-state index is 12.8. The van der Waals surface area contributed by atoms with Gasteiger partial charge in [0.2, 0.25) is 17.8 Å². The molecule has 1 aliphatic heterocycles. The van der Waals surface area contributed by atoms with Crippen LogP contribution in [0.4, 0.5) is 5.69 Å². The summed E-state index contributed by atoms with van der Waals surface area (Å²) in [5.41, 5.74) is 0.854. The van der Waals surface area contributed by atoms with E-state index in [1.807, 2.05) is 4.90 Å². The Morgan fingerprint density at radius 2 is 1.81 bits per heavy atom. The van der Waals surface area contributed by atoms with Gasteiger partial charge in [0.05, 0.1) is 13.1 Å². The van der Waals surface area contributed by atoms with E-state index >= 15 is 0 Å². The molecule has 2 amide bonds. The monoisotopic (exact) mass is 426 g/mol. The highest BCUT2D eigenvalue weighted by Crippen LogP contribution is 2.16. The molecule has 162 valence electrons. The molecule has 1 atom stereocenters. The van der Waals surface area contributed by atoms with E-state index in [0.29, 0.717) is 13.1 Å². The summed E-state index contributed by atoms with van der Waals surface area (Å²) in [7, 11) is 0. The molecule has 0 spiro atoms. The van der Waals surface area contributed by atoms with E-state index in [-0.39, 0.29) is 24.7 Å². The minimum atomic E-state index is -1.58. The largest absolute Gasteiger partial charge is 0.480 e. The molecule has 3 rings (SSSR count). The number of carboxylic acid groups (broad SMARTS) is 1. The predicted octanol–water partition coefficient (Wildman–Crippen LogP) is -0.0523. The maximum atomic E-state index is 12.8. The smallest absolute Gasteiger partial charge is 0.322 e. The highest BCUT2D eigenvalue weighted by atomic mass is 16.5. The van der Waals surface area contributed by atoms with Crippen molar-refractivity contribution in [3.63, 3.8) is 0 Å². The molecule has 1 aromatic carbocycles. The summed E-state index contributed by atoms with van der Waals surface area (Å²) in [5.74, 6) is -2.75. The van der Waals surface area contributed by atoms with Gasteiger partial charge in [0.1, 0.15) is 12.3 Å². The Bertz CT molecular complexity index is 937. The number of nitrogens with zero attached hydrogens (tertiary/aromatic N) is 3. The minimum absolute atomic E-state index is 0.0900. The summed E-state index contributed by atoms with van der Waals surface area (Å²) in [4.78, 5) is 55.8. The van der Waals surface area contributed by atoms with Crippen LogP contribution in [0.1, 0.15) is 0 Å². The van der Waals surface area contributed by atoms with E-state index in [0.717, 1.165) is 5.69 Å². The quantitative estimate of drug-likeness (QED) is 0.534. The molecule has 31 heavy (non-hydrogen) atoms.